The first kappa shape index (κ1) is 24.7. The molecule has 33 heavy (non-hydrogen) atoms. The molecule has 178 valence electrons. The maximum absolute atomic E-state index is 13.2. The van der Waals surface area contributed by atoms with E-state index >= 15 is 0 Å². The van der Waals surface area contributed by atoms with Crippen molar-refractivity contribution in [2.24, 2.45) is 11.8 Å². The average Bonchev–Trinajstić information content (AvgIpc) is 2.81. The van der Waals surface area contributed by atoms with Crippen LogP contribution in [0.15, 0.2) is 48.5 Å². The Morgan fingerprint density at radius 2 is 1.64 bits per heavy atom. The van der Waals surface area contributed by atoms with Crippen LogP contribution in [0.3, 0.4) is 0 Å². The van der Waals surface area contributed by atoms with Crippen molar-refractivity contribution < 1.29 is 24.3 Å². The van der Waals surface area contributed by atoms with Gasteiger partial charge in [-0.3, -0.25) is 14.8 Å². The molecular formula is C25H32FN3O4. The van der Waals surface area contributed by atoms with E-state index in [4.69, 9.17) is 5.21 Å². The summed E-state index contributed by atoms with van der Waals surface area (Å²) in [6.07, 6.45) is -1.26. The molecule has 1 heterocycles. The lowest BCUT2D eigenvalue weighted by atomic mass is 9.89. The van der Waals surface area contributed by atoms with E-state index in [1.165, 1.54) is 17.6 Å². The molecule has 0 aromatic heterocycles. The van der Waals surface area contributed by atoms with Gasteiger partial charge in [0.2, 0.25) is 5.91 Å². The van der Waals surface area contributed by atoms with E-state index in [-0.39, 0.29) is 23.7 Å². The third-order valence-corrected chi connectivity index (χ3v) is 6.12. The molecule has 0 bridgehead atoms. The van der Waals surface area contributed by atoms with Crippen LogP contribution in [-0.2, 0) is 9.59 Å². The predicted octanol–water partition coefficient (Wildman–Crippen LogP) is 3.06. The summed E-state index contributed by atoms with van der Waals surface area (Å²) in [5.41, 5.74) is 4.41. The summed E-state index contributed by atoms with van der Waals surface area (Å²) >= 11 is 0. The number of nitrogens with zero attached hydrogens (tertiary/aromatic N) is 2. The molecule has 0 radical (unpaired) electrons. The topological polar surface area (TPSA) is 93.1 Å². The summed E-state index contributed by atoms with van der Waals surface area (Å²) in [4.78, 5) is 28.9. The lowest BCUT2D eigenvalue weighted by Crippen LogP contribution is -2.57. The van der Waals surface area contributed by atoms with Crippen LogP contribution in [0.25, 0.3) is 11.1 Å². The second-order valence-electron chi connectivity index (χ2n) is 9.04. The number of benzene rings is 2. The van der Waals surface area contributed by atoms with E-state index in [0.29, 0.717) is 26.1 Å². The molecule has 1 aliphatic rings. The second kappa shape index (κ2) is 10.8. The molecule has 3 rings (SSSR count). The van der Waals surface area contributed by atoms with E-state index in [2.05, 4.69) is 4.90 Å². The molecule has 3 N–H and O–H groups in total. The molecule has 0 unspecified atom stereocenters. The Morgan fingerprint density at radius 1 is 1.06 bits per heavy atom. The van der Waals surface area contributed by atoms with Gasteiger partial charge in [0.05, 0.1) is 5.92 Å². The summed E-state index contributed by atoms with van der Waals surface area (Å²) in [7, 11) is 0. The highest BCUT2D eigenvalue weighted by molar-refractivity contribution is 5.89. The van der Waals surface area contributed by atoms with Crippen molar-refractivity contribution in [2.75, 3.05) is 24.5 Å². The van der Waals surface area contributed by atoms with Gasteiger partial charge in [0.1, 0.15) is 11.9 Å². The minimum atomic E-state index is -1.60. The fraction of sp³-hybridized carbons (Fsp3) is 0.440. The Kier molecular flexibility index (Phi) is 8.05. The van der Waals surface area contributed by atoms with Crippen molar-refractivity contribution in [3.8, 4) is 11.1 Å². The van der Waals surface area contributed by atoms with E-state index in [9.17, 15) is 19.1 Å². The van der Waals surface area contributed by atoms with Gasteiger partial charge in [-0.05, 0) is 54.7 Å². The largest absolute Gasteiger partial charge is 0.382 e. The summed E-state index contributed by atoms with van der Waals surface area (Å²) in [6, 6.07) is 14.3. The number of hydroxylamine groups is 1. The van der Waals surface area contributed by atoms with Crippen molar-refractivity contribution >= 4 is 17.5 Å². The predicted molar refractivity (Wildman–Crippen MR) is 124 cm³/mol. The van der Waals surface area contributed by atoms with Crippen LogP contribution < -0.4 is 10.4 Å². The first-order valence-electron chi connectivity index (χ1n) is 11.2. The molecule has 1 fully saturated rings. The number of halogens is 1. The number of hydrogen-bond acceptors (Lipinski definition) is 5. The van der Waals surface area contributed by atoms with Crippen LogP contribution in [-0.4, -0.2) is 58.8 Å². The first-order valence-corrected chi connectivity index (χ1v) is 11.2. The molecule has 2 amide bonds. The number of carbonyl (C=O) groups is 2. The third-order valence-electron chi connectivity index (χ3n) is 6.12. The number of carbonyl (C=O) groups excluding carboxylic acids is 2. The Morgan fingerprint density at radius 3 is 2.15 bits per heavy atom. The number of aliphatic hydroxyl groups is 1. The highest BCUT2D eigenvalue weighted by Crippen LogP contribution is 2.27. The molecule has 2 aromatic rings. The number of rotatable bonds is 7. The van der Waals surface area contributed by atoms with Gasteiger partial charge in [0.25, 0.3) is 5.91 Å². The minimum absolute atomic E-state index is 0.0938. The van der Waals surface area contributed by atoms with Gasteiger partial charge in [0.15, 0.2) is 0 Å². The van der Waals surface area contributed by atoms with Gasteiger partial charge in [-0.15, -0.1) is 0 Å². The maximum atomic E-state index is 13.2. The van der Waals surface area contributed by atoms with E-state index in [1.54, 1.807) is 17.0 Å². The van der Waals surface area contributed by atoms with Gasteiger partial charge < -0.3 is 14.9 Å². The number of piperazine rings is 1. The number of anilines is 1. The van der Waals surface area contributed by atoms with E-state index in [1.807, 2.05) is 45.0 Å². The van der Waals surface area contributed by atoms with E-state index in [0.717, 1.165) is 16.8 Å². The zero-order chi connectivity index (χ0) is 24.1. The van der Waals surface area contributed by atoms with Crippen LogP contribution in [0.4, 0.5) is 10.1 Å². The van der Waals surface area contributed by atoms with Gasteiger partial charge in [0, 0.05) is 31.4 Å². The molecule has 1 saturated heterocycles. The number of aliphatic hydroxyl groups excluding tert-OH is 1. The van der Waals surface area contributed by atoms with Crippen molar-refractivity contribution in [1.82, 2.24) is 10.4 Å². The summed E-state index contributed by atoms with van der Waals surface area (Å²) in [5.74, 6) is -2.34. The molecular weight excluding hydrogens is 425 g/mol. The molecule has 1 aliphatic heterocycles. The Balaban J connectivity index is 1.68. The quantitative estimate of drug-likeness (QED) is 0.439. The molecule has 8 heteroatoms. The van der Waals surface area contributed by atoms with Gasteiger partial charge in [-0.2, -0.15) is 0 Å². The van der Waals surface area contributed by atoms with Crippen molar-refractivity contribution in [3.63, 3.8) is 0 Å². The lowest BCUT2D eigenvalue weighted by Gasteiger charge is -2.42. The Labute approximate surface area is 193 Å². The lowest BCUT2D eigenvalue weighted by molar-refractivity contribution is -0.152. The molecule has 2 aromatic carbocycles. The fourth-order valence-corrected chi connectivity index (χ4v) is 4.36. The van der Waals surface area contributed by atoms with Crippen LogP contribution in [0, 0.1) is 17.7 Å². The Hall–Kier alpha value is -2.97. The highest BCUT2D eigenvalue weighted by atomic mass is 19.1. The summed E-state index contributed by atoms with van der Waals surface area (Å²) < 4.78 is 13.2. The summed E-state index contributed by atoms with van der Waals surface area (Å²) in [6.45, 7) is 7.46. The molecule has 3 atom stereocenters. The van der Waals surface area contributed by atoms with Crippen LogP contribution in [0.2, 0.25) is 0 Å². The minimum Gasteiger partial charge on any atom is -0.382 e. The molecule has 0 saturated carbocycles. The smallest absolute Gasteiger partial charge is 0.272 e. The standard InChI is InChI=1S/C25H32FN3O4/c1-16(2)14-22(23(30)24(31)27-33)25(32)29-13-12-28(15-17(29)3)21-10-6-19(7-11-21)18-4-8-20(26)9-5-18/h4-11,16-17,22-23,30,33H,12-15H2,1-3H3,(H,27,31)/t17-,22+,23+/m1/s1. The Bertz CT molecular complexity index is 949. The second-order valence-corrected chi connectivity index (χ2v) is 9.04. The van der Waals surface area contributed by atoms with Gasteiger partial charge in [-0.1, -0.05) is 38.1 Å². The summed E-state index contributed by atoms with van der Waals surface area (Å²) in [5, 5.41) is 19.2. The van der Waals surface area contributed by atoms with Crippen molar-refractivity contribution in [1.29, 1.82) is 0 Å². The maximum Gasteiger partial charge on any atom is 0.272 e. The number of hydrogen-bond donors (Lipinski definition) is 3. The van der Waals surface area contributed by atoms with Crippen molar-refractivity contribution in [2.45, 2.75) is 39.3 Å². The molecule has 7 nitrogen and oxygen atoms in total. The zero-order valence-corrected chi connectivity index (χ0v) is 19.2. The number of amides is 2. The van der Waals surface area contributed by atoms with Gasteiger partial charge in [-0.25, -0.2) is 9.87 Å². The highest BCUT2D eigenvalue weighted by Gasteiger charge is 2.38. The fourth-order valence-electron chi connectivity index (χ4n) is 4.36. The van der Waals surface area contributed by atoms with Crippen molar-refractivity contribution in [3.05, 3.63) is 54.3 Å². The van der Waals surface area contributed by atoms with Crippen LogP contribution in [0.1, 0.15) is 27.2 Å². The van der Waals surface area contributed by atoms with Crippen LogP contribution in [0.5, 0.6) is 0 Å². The van der Waals surface area contributed by atoms with E-state index < -0.39 is 17.9 Å². The normalized spacial score (nSPS) is 18.2. The third kappa shape index (κ3) is 5.89. The molecule has 0 aliphatic carbocycles. The SMILES string of the molecule is CC(C)C[C@H](C(=O)N1CCN(c2ccc(-c3ccc(F)cc3)cc2)C[C@H]1C)[C@H](O)C(=O)NO. The average molecular weight is 458 g/mol. The number of nitrogens with one attached hydrogen (secondary N) is 1. The zero-order valence-electron chi connectivity index (χ0n) is 19.2. The molecule has 0 spiro atoms. The first-order chi connectivity index (χ1) is 15.7. The van der Waals surface area contributed by atoms with Crippen LogP contribution >= 0.6 is 0 Å². The monoisotopic (exact) mass is 457 g/mol. The van der Waals surface area contributed by atoms with Gasteiger partial charge >= 0.3 is 0 Å².